The topological polar surface area (TPSA) is 37.3 Å². The number of rotatable bonds is 3. The number of carbonyl (C=O) groups is 1. The van der Waals surface area contributed by atoms with Gasteiger partial charge in [-0.05, 0) is 6.42 Å². The van der Waals surface area contributed by atoms with Crippen molar-refractivity contribution in [1.82, 2.24) is 0 Å². The van der Waals surface area contributed by atoms with E-state index in [1.165, 1.54) is 0 Å². The molecule has 2 nitrogen and oxygen atoms in total. The molecule has 0 amide bonds. The summed E-state index contributed by atoms with van der Waals surface area (Å²) in [5, 5.41) is 8.00. The smallest absolute Gasteiger partial charge is 0.303 e. The second-order valence-corrected chi connectivity index (χ2v) is 2.38. The number of benzene rings is 1. The van der Waals surface area contributed by atoms with Gasteiger partial charge in [-0.1, -0.05) is 42.5 Å². The van der Waals surface area contributed by atoms with Crippen molar-refractivity contribution in [3.05, 3.63) is 49.1 Å². The Morgan fingerprint density at radius 1 is 1.15 bits per heavy atom. The summed E-state index contributed by atoms with van der Waals surface area (Å²) in [6, 6.07) is 12.0. The van der Waals surface area contributed by atoms with Crippen LogP contribution >= 0.6 is 0 Å². The summed E-state index contributed by atoms with van der Waals surface area (Å²) in [4.78, 5) is 9.71. The first-order chi connectivity index (χ1) is 6.27. The van der Waals surface area contributed by atoms with E-state index in [0.717, 1.165) is 0 Å². The van der Waals surface area contributed by atoms with Gasteiger partial charge in [0.05, 0.1) is 0 Å². The van der Waals surface area contributed by atoms with Crippen molar-refractivity contribution < 1.29 is 9.90 Å². The molecule has 13 heavy (non-hydrogen) atoms. The molecule has 0 unspecified atom stereocenters. The van der Waals surface area contributed by atoms with E-state index in [4.69, 9.17) is 5.11 Å². The monoisotopic (exact) mass is 178 g/mol. The van der Waals surface area contributed by atoms with Crippen molar-refractivity contribution in [2.24, 2.45) is 0 Å². The number of carboxylic acids is 1. The molecule has 0 aliphatic heterocycles. The van der Waals surface area contributed by atoms with Gasteiger partial charge in [-0.15, -0.1) is 6.58 Å². The highest BCUT2D eigenvalue weighted by atomic mass is 16.4. The molecular weight excluding hydrogens is 164 g/mol. The molecule has 70 valence electrons. The third kappa shape index (κ3) is 10.4. The van der Waals surface area contributed by atoms with E-state index in [-0.39, 0.29) is 6.42 Å². The zero-order valence-electron chi connectivity index (χ0n) is 7.52. The SMILES string of the molecule is C=CCCC(=O)O.c1ccccc1. The second kappa shape index (κ2) is 8.53. The van der Waals surface area contributed by atoms with Crippen LogP contribution in [0.25, 0.3) is 0 Å². The van der Waals surface area contributed by atoms with Gasteiger partial charge in [0.1, 0.15) is 0 Å². The molecule has 0 aliphatic rings. The van der Waals surface area contributed by atoms with E-state index in [9.17, 15) is 4.79 Å². The maximum Gasteiger partial charge on any atom is 0.303 e. The van der Waals surface area contributed by atoms with Crippen molar-refractivity contribution in [2.75, 3.05) is 0 Å². The fraction of sp³-hybridized carbons (Fsp3) is 0.182. The second-order valence-electron chi connectivity index (χ2n) is 2.38. The minimum absolute atomic E-state index is 0.198. The molecule has 1 N–H and O–H groups in total. The summed E-state index contributed by atoms with van der Waals surface area (Å²) in [7, 11) is 0. The van der Waals surface area contributed by atoms with E-state index in [0.29, 0.717) is 6.42 Å². The highest BCUT2D eigenvalue weighted by Gasteiger charge is 1.89. The van der Waals surface area contributed by atoms with Gasteiger partial charge in [-0.2, -0.15) is 0 Å². The number of allylic oxidation sites excluding steroid dienone is 1. The predicted molar refractivity (Wildman–Crippen MR) is 53.5 cm³/mol. The molecule has 0 fully saturated rings. The Kier molecular flexibility index (Phi) is 7.50. The molecule has 0 spiro atoms. The van der Waals surface area contributed by atoms with Crippen molar-refractivity contribution >= 4 is 5.97 Å². The zero-order valence-corrected chi connectivity index (χ0v) is 7.52. The fourth-order valence-electron chi connectivity index (χ4n) is 0.610. The van der Waals surface area contributed by atoms with Crippen molar-refractivity contribution in [3.8, 4) is 0 Å². The molecule has 0 radical (unpaired) electrons. The Morgan fingerprint density at radius 2 is 1.54 bits per heavy atom. The number of aliphatic carboxylic acids is 1. The van der Waals surface area contributed by atoms with Crippen LogP contribution in [0.5, 0.6) is 0 Å². The number of carboxylic acid groups (broad SMARTS) is 1. The summed E-state index contributed by atoms with van der Waals surface area (Å²) in [6.45, 7) is 3.37. The first-order valence-corrected chi connectivity index (χ1v) is 4.10. The molecule has 0 aromatic heterocycles. The molecule has 0 heterocycles. The molecule has 0 atom stereocenters. The minimum Gasteiger partial charge on any atom is -0.481 e. The Balaban J connectivity index is 0.000000223. The Hall–Kier alpha value is -1.57. The summed E-state index contributed by atoms with van der Waals surface area (Å²) < 4.78 is 0. The van der Waals surface area contributed by atoms with Crippen molar-refractivity contribution in [2.45, 2.75) is 12.8 Å². The van der Waals surface area contributed by atoms with Crippen LogP contribution in [0.3, 0.4) is 0 Å². The Bertz CT molecular complexity index is 202. The maximum absolute atomic E-state index is 9.71. The van der Waals surface area contributed by atoms with Gasteiger partial charge < -0.3 is 5.11 Å². The molecule has 2 heteroatoms. The van der Waals surface area contributed by atoms with E-state index in [2.05, 4.69) is 6.58 Å². The van der Waals surface area contributed by atoms with Crippen LogP contribution in [0.1, 0.15) is 12.8 Å². The summed E-state index contributed by atoms with van der Waals surface area (Å²) in [5.41, 5.74) is 0. The highest BCUT2D eigenvalue weighted by molar-refractivity contribution is 5.66. The van der Waals surface area contributed by atoms with E-state index < -0.39 is 5.97 Å². The van der Waals surface area contributed by atoms with Gasteiger partial charge in [0.25, 0.3) is 0 Å². The molecule has 0 saturated heterocycles. The number of hydrogen-bond donors (Lipinski definition) is 1. The van der Waals surface area contributed by atoms with Crippen LogP contribution in [0.4, 0.5) is 0 Å². The minimum atomic E-state index is -0.764. The molecule has 0 saturated carbocycles. The average Bonchev–Trinajstić information content (AvgIpc) is 2.18. The molecular formula is C11H14O2. The quantitative estimate of drug-likeness (QED) is 0.722. The summed E-state index contributed by atoms with van der Waals surface area (Å²) in [6.07, 6.45) is 2.35. The van der Waals surface area contributed by atoms with Gasteiger partial charge in [0.2, 0.25) is 0 Å². The lowest BCUT2D eigenvalue weighted by atomic mass is 10.3. The summed E-state index contributed by atoms with van der Waals surface area (Å²) >= 11 is 0. The van der Waals surface area contributed by atoms with Crippen LogP contribution in [0, 0.1) is 0 Å². The van der Waals surface area contributed by atoms with E-state index in [1.807, 2.05) is 36.4 Å². The molecule has 0 bridgehead atoms. The highest BCUT2D eigenvalue weighted by Crippen LogP contribution is 1.86. The summed E-state index contributed by atoms with van der Waals surface area (Å²) in [5.74, 6) is -0.764. The van der Waals surface area contributed by atoms with Gasteiger partial charge in [0.15, 0.2) is 0 Å². The standard InChI is InChI=1S/C6H6.C5H8O2/c1-2-4-6-5-3-1;1-2-3-4-5(6)7/h1-6H;2H,1,3-4H2,(H,6,7). The lowest BCUT2D eigenvalue weighted by Gasteiger charge is -1.82. The third-order valence-corrected chi connectivity index (χ3v) is 1.23. The Morgan fingerprint density at radius 3 is 1.69 bits per heavy atom. The predicted octanol–water partition coefficient (Wildman–Crippen LogP) is 2.72. The Labute approximate surface area is 78.5 Å². The van der Waals surface area contributed by atoms with Crippen LogP contribution < -0.4 is 0 Å². The van der Waals surface area contributed by atoms with Crippen LogP contribution in [-0.2, 0) is 4.79 Å². The van der Waals surface area contributed by atoms with Crippen molar-refractivity contribution in [1.29, 1.82) is 0 Å². The first-order valence-electron chi connectivity index (χ1n) is 4.10. The first kappa shape index (κ1) is 11.4. The zero-order chi connectivity index (χ0) is 9.94. The molecule has 1 aromatic rings. The maximum atomic E-state index is 9.71. The number of hydrogen-bond acceptors (Lipinski definition) is 1. The molecule has 1 aromatic carbocycles. The van der Waals surface area contributed by atoms with Gasteiger partial charge in [-0.3, -0.25) is 4.79 Å². The van der Waals surface area contributed by atoms with E-state index in [1.54, 1.807) is 6.08 Å². The lowest BCUT2D eigenvalue weighted by Crippen LogP contribution is -1.90. The normalized spacial score (nSPS) is 8.00. The lowest BCUT2D eigenvalue weighted by molar-refractivity contribution is -0.136. The molecule has 0 aliphatic carbocycles. The van der Waals surface area contributed by atoms with Crippen LogP contribution in [-0.4, -0.2) is 11.1 Å². The van der Waals surface area contributed by atoms with Gasteiger partial charge in [0, 0.05) is 6.42 Å². The van der Waals surface area contributed by atoms with Gasteiger partial charge in [-0.25, -0.2) is 0 Å². The third-order valence-electron chi connectivity index (χ3n) is 1.23. The van der Waals surface area contributed by atoms with Crippen LogP contribution in [0.15, 0.2) is 49.1 Å². The van der Waals surface area contributed by atoms with E-state index >= 15 is 0 Å². The van der Waals surface area contributed by atoms with Gasteiger partial charge >= 0.3 is 5.97 Å². The van der Waals surface area contributed by atoms with Crippen molar-refractivity contribution in [3.63, 3.8) is 0 Å². The largest absolute Gasteiger partial charge is 0.481 e. The molecule has 1 rings (SSSR count). The average molecular weight is 178 g/mol. The van der Waals surface area contributed by atoms with Crippen LogP contribution in [0.2, 0.25) is 0 Å². The fourth-order valence-corrected chi connectivity index (χ4v) is 0.610.